The Morgan fingerprint density at radius 3 is 2.70 bits per heavy atom. The van der Waals surface area contributed by atoms with Crippen LogP contribution in [-0.2, 0) is 4.79 Å². The molecule has 0 bridgehead atoms. The van der Waals surface area contributed by atoms with Crippen LogP contribution in [0.5, 0.6) is 5.75 Å². The summed E-state index contributed by atoms with van der Waals surface area (Å²) in [6.07, 6.45) is 1.09. The molecule has 176 valence electrons. The largest absolute Gasteiger partial charge is 0.491 e. The van der Waals surface area contributed by atoms with Crippen molar-refractivity contribution in [1.82, 2.24) is 15.5 Å². The first-order chi connectivity index (χ1) is 15.7. The summed E-state index contributed by atoms with van der Waals surface area (Å²) in [7, 11) is 0. The molecule has 33 heavy (non-hydrogen) atoms. The fourth-order valence-electron chi connectivity index (χ4n) is 3.34. The molecule has 0 radical (unpaired) electrons. The maximum atomic E-state index is 13.5. The average molecular weight is 496 g/mol. The summed E-state index contributed by atoms with van der Waals surface area (Å²) >= 11 is 11.9. The van der Waals surface area contributed by atoms with E-state index >= 15 is 0 Å². The van der Waals surface area contributed by atoms with Crippen LogP contribution in [-0.4, -0.2) is 54.9 Å². The number of amides is 3. The topological polar surface area (TPSA) is 87.7 Å². The van der Waals surface area contributed by atoms with Crippen LogP contribution in [0.25, 0.3) is 0 Å². The molecule has 0 saturated carbocycles. The van der Waals surface area contributed by atoms with Gasteiger partial charge >= 0.3 is 0 Å². The fourth-order valence-corrected chi connectivity index (χ4v) is 3.70. The molecule has 0 fully saturated rings. The van der Waals surface area contributed by atoms with Crippen LogP contribution in [0.3, 0.4) is 0 Å². The lowest BCUT2D eigenvalue weighted by molar-refractivity contribution is -0.122. The molecule has 0 aromatic heterocycles. The highest BCUT2D eigenvalue weighted by atomic mass is 35.5. The summed E-state index contributed by atoms with van der Waals surface area (Å²) in [4.78, 5) is 39.6. The standard InChI is InChI=1S/C23H24Cl2FN3O4/c1-14-13-33-20-7-5-16(24)11-17(20)22(31)27-8-2-3-9-29(12-21(30)28-14)23(32)15-4-6-19(26)18(25)10-15/h4-7,10-11,14H,2-3,8-9,12-13H2,1H3,(H,27,31)(H,28,30)/t14-/m0/s1. The third-order valence-electron chi connectivity index (χ3n) is 5.01. The third-order valence-corrected chi connectivity index (χ3v) is 5.54. The Morgan fingerprint density at radius 2 is 1.94 bits per heavy atom. The van der Waals surface area contributed by atoms with Crippen molar-refractivity contribution in [1.29, 1.82) is 0 Å². The summed E-state index contributed by atoms with van der Waals surface area (Å²) in [5.41, 5.74) is 0.491. The number of nitrogens with one attached hydrogen (secondary N) is 2. The zero-order chi connectivity index (χ0) is 24.0. The van der Waals surface area contributed by atoms with Gasteiger partial charge in [-0.25, -0.2) is 4.39 Å². The van der Waals surface area contributed by atoms with E-state index in [2.05, 4.69) is 10.6 Å². The van der Waals surface area contributed by atoms with E-state index in [0.29, 0.717) is 35.7 Å². The molecule has 2 aromatic rings. The molecule has 1 aliphatic rings. The van der Waals surface area contributed by atoms with Crippen LogP contribution < -0.4 is 15.4 Å². The first-order valence-corrected chi connectivity index (χ1v) is 11.2. The van der Waals surface area contributed by atoms with Crippen molar-refractivity contribution in [2.45, 2.75) is 25.8 Å². The molecule has 2 aromatic carbocycles. The van der Waals surface area contributed by atoms with Crippen LogP contribution in [0, 0.1) is 5.82 Å². The van der Waals surface area contributed by atoms with Gasteiger partial charge in [0, 0.05) is 23.7 Å². The van der Waals surface area contributed by atoms with Gasteiger partial charge in [0.1, 0.15) is 18.2 Å². The first kappa shape index (κ1) is 24.8. The number of rotatable bonds is 1. The summed E-state index contributed by atoms with van der Waals surface area (Å²) in [6, 6.07) is 8.05. The highest BCUT2D eigenvalue weighted by Gasteiger charge is 2.22. The van der Waals surface area contributed by atoms with Crippen LogP contribution in [0.1, 0.15) is 40.5 Å². The van der Waals surface area contributed by atoms with Crippen molar-refractivity contribution in [3.05, 3.63) is 63.4 Å². The number of nitrogens with zero attached hydrogens (tertiary/aromatic N) is 1. The quantitative estimate of drug-likeness (QED) is 0.631. The van der Waals surface area contributed by atoms with Crippen molar-refractivity contribution in [3.8, 4) is 5.75 Å². The second-order valence-electron chi connectivity index (χ2n) is 7.74. The van der Waals surface area contributed by atoms with Crippen molar-refractivity contribution < 1.29 is 23.5 Å². The minimum Gasteiger partial charge on any atom is -0.491 e. The Morgan fingerprint density at radius 1 is 1.15 bits per heavy atom. The normalized spacial score (nSPS) is 18.2. The van der Waals surface area contributed by atoms with Crippen LogP contribution >= 0.6 is 23.2 Å². The molecule has 3 amide bonds. The fraction of sp³-hybridized carbons (Fsp3) is 0.348. The van der Waals surface area contributed by atoms with Crippen LogP contribution in [0.4, 0.5) is 4.39 Å². The Labute approximate surface area is 201 Å². The average Bonchev–Trinajstić information content (AvgIpc) is 2.78. The van der Waals surface area contributed by atoms with Gasteiger partial charge in [-0.15, -0.1) is 0 Å². The molecule has 1 heterocycles. The Hall–Kier alpha value is -2.84. The second kappa shape index (κ2) is 11.3. The number of ether oxygens (including phenoxy) is 1. The second-order valence-corrected chi connectivity index (χ2v) is 8.58. The molecule has 1 atom stereocenters. The molecule has 7 nitrogen and oxygen atoms in total. The molecule has 10 heteroatoms. The van der Waals surface area contributed by atoms with E-state index in [1.807, 2.05) is 0 Å². The molecule has 0 unspecified atom stereocenters. The highest BCUT2D eigenvalue weighted by molar-refractivity contribution is 6.31. The van der Waals surface area contributed by atoms with Gasteiger partial charge < -0.3 is 20.3 Å². The Kier molecular flexibility index (Phi) is 8.52. The molecule has 0 saturated heterocycles. The SMILES string of the molecule is C[C@H]1COc2ccc(Cl)cc2C(=O)NCCCCN(C(=O)c2ccc(F)c(Cl)c2)CC(=O)N1. The van der Waals surface area contributed by atoms with Gasteiger partial charge in [0.2, 0.25) is 5.91 Å². The minimum absolute atomic E-state index is 0.106. The lowest BCUT2D eigenvalue weighted by Crippen LogP contribution is -2.45. The van der Waals surface area contributed by atoms with Crippen LogP contribution in [0.15, 0.2) is 36.4 Å². The van der Waals surface area contributed by atoms with E-state index in [4.69, 9.17) is 27.9 Å². The number of halogens is 3. The number of fused-ring (bicyclic) bond motifs is 1. The predicted molar refractivity (Wildman–Crippen MR) is 123 cm³/mol. The lowest BCUT2D eigenvalue weighted by Gasteiger charge is -2.23. The number of hydrogen-bond donors (Lipinski definition) is 2. The molecular weight excluding hydrogens is 472 g/mol. The Bertz CT molecular complexity index is 1050. The van der Waals surface area contributed by atoms with Gasteiger partial charge in [0.05, 0.1) is 23.2 Å². The van der Waals surface area contributed by atoms with E-state index in [9.17, 15) is 18.8 Å². The molecular formula is C23H24Cl2FN3O4. The van der Waals surface area contributed by atoms with E-state index in [1.165, 1.54) is 23.1 Å². The van der Waals surface area contributed by atoms with Crippen molar-refractivity contribution in [3.63, 3.8) is 0 Å². The zero-order valence-electron chi connectivity index (χ0n) is 18.0. The Balaban J connectivity index is 1.77. The van der Waals surface area contributed by atoms with Crippen molar-refractivity contribution >= 4 is 40.9 Å². The van der Waals surface area contributed by atoms with E-state index in [-0.39, 0.29) is 42.1 Å². The van der Waals surface area contributed by atoms with E-state index in [1.54, 1.807) is 19.1 Å². The molecule has 0 aliphatic carbocycles. The smallest absolute Gasteiger partial charge is 0.255 e. The zero-order valence-corrected chi connectivity index (χ0v) is 19.5. The van der Waals surface area contributed by atoms with E-state index < -0.39 is 17.8 Å². The number of benzene rings is 2. The monoisotopic (exact) mass is 495 g/mol. The number of carbonyl (C=O) groups excluding carboxylic acids is 3. The number of carbonyl (C=O) groups is 3. The number of hydrogen-bond acceptors (Lipinski definition) is 4. The first-order valence-electron chi connectivity index (χ1n) is 10.5. The van der Waals surface area contributed by atoms with Gasteiger partial charge in [-0.1, -0.05) is 23.2 Å². The van der Waals surface area contributed by atoms with E-state index in [0.717, 1.165) is 6.07 Å². The molecule has 3 rings (SSSR count). The summed E-state index contributed by atoms with van der Waals surface area (Å²) in [6.45, 7) is 2.30. The molecule has 2 N–H and O–H groups in total. The third kappa shape index (κ3) is 6.82. The maximum absolute atomic E-state index is 13.5. The highest BCUT2D eigenvalue weighted by Crippen LogP contribution is 2.23. The van der Waals surface area contributed by atoms with Gasteiger partial charge in [-0.3, -0.25) is 14.4 Å². The summed E-state index contributed by atoms with van der Waals surface area (Å²) < 4.78 is 19.2. The lowest BCUT2D eigenvalue weighted by atomic mass is 10.1. The maximum Gasteiger partial charge on any atom is 0.255 e. The summed E-state index contributed by atoms with van der Waals surface area (Å²) in [5, 5.41) is 5.85. The molecule has 0 spiro atoms. The van der Waals surface area contributed by atoms with Gasteiger partial charge in [-0.2, -0.15) is 0 Å². The van der Waals surface area contributed by atoms with Crippen molar-refractivity contribution in [2.75, 3.05) is 26.2 Å². The summed E-state index contributed by atoms with van der Waals surface area (Å²) in [5.74, 6) is -1.40. The van der Waals surface area contributed by atoms with Gasteiger partial charge in [-0.05, 0) is 56.2 Å². The van der Waals surface area contributed by atoms with Crippen LogP contribution in [0.2, 0.25) is 10.0 Å². The van der Waals surface area contributed by atoms with Crippen molar-refractivity contribution in [2.24, 2.45) is 0 Å². The predicted octanol–water partition coefficient (Wildman–Crippen LogP) is 3.68. The van der Waals surface area contributed by atoms with Gasteiger partial charge in [0.15, 0.2) is 0 Å². The molecule has 1 aliphatic heterocycles. The van der Waals surface area contributed by atoms with Gasteiger partial charge in [0.25, 0.3) is 11.8 Å². The minimum atomic E-state index is -0.630.